The Morgan fingerprint density at radius 1 is 0.923 bits per heavy atom. The first-order valence-electron chi connectivity index (χ1n) is 8.50. The van der Waals surface area contributed by atoms with E-state index in [1.54, 1.807) is 12.1 Å². The first-order valence-corrected chi connectivity index (χ1v) is 10.2. The fraction of sp³-hybridized carbons (Fsp3) is 0.238. The second-order valence-electron chi connectivity index (χ2n) is 7.11. The summed E-state index contributed by atoms with van der Waals surface area (Å²) in [6.45, 7) is 8.18. The van der Waals surface area contributed by atoms with Gasteiger partial charge in [0.15, 0.2) is 5.50 Å². The highest BCUT2D eigenvalue weighted by atomic mass is 31.2. The molecule has 3 aromatic rings. The number of hydrogen-bond acceptors (Lipinski definition) is 3. The molecule has 2 aromatic carbocycles. The number of furan rings is 1. The molecular formula is C21H23FNO2P. The molecule has 0 N–H and O–H groups in total. The number of benzene rings is 2. The van der Waals surface area contributed by atoms with Gasteiger partial charge in [-0.15, -0.1) is 0 Å². The smallest absolute Gasteiger partial charge is 0.207 e. The molecule has 136 valence electrons. The van der Waals surface area contributed by atoms with Crippen LogP contribution in [-0.2, 0) is 0 Å². The topological polar surface area (TPSA) is 34.7 Å². The third-order valence-corrected chi connectivity index (χ3v) is 7.64. The van der Waals surface area contributed by atoms with E-state index in [0.717, 1.165) is 17.0 Å². The molecule has 0 saturated heterocycles. The van der Waals surface area contributed by atoms with Crippen molar-refractivity contribution in [2.24, 2.45) is 4.74 Å². The lowest BCUT2D eigenvalue weighted by molar-refractivity contribution is 0.527. The van der Waals surface area contributed by atoms with Crippen LogP contribution >= 0.6 is 7.28 Å². The Morgan fingerprint density at radius 3 is 2.12 bits per heavy atom. The number of aryl methyl sites for hydroxylation is 1. The van der Waals surface area contributed by atoms with Crippen molar-refractivity contribution in [1.29, 1.82) is 0 Å². The Kier molecular flexibility index (Phi) is 5.06. The van der Waals surface area contributed by atoms with E-state index in [1.807, 2.05) is 49.4 Å². The molecule has 0 fully saturated rings. The summed E-state index contributed by atoms with van der Waals surface area (Å²) in [5.41, 5.74) is 1.38. The van der Waals surface area contributed by atoms with Crippen molar-refractivity contribution in [3.63, 3.8) is 0 Å². The monoisotopic (exact) mass is 371 g/mol. The summed E-state index contributed by atoms with van der Waals surface area (Å²) < 4.78 is 30.9. The Labute approximate surface area is 154 Å². The van der Waals surface area contributed by atoms with Crippen LogP contribution in [0.15, 0.2) is 75.9 Å². The van der Waals surface area contributed by atoms with Crippen LogP contribution in [0.4, 0.5) is 10.1 Å². The number of nitrogens with zero attached hydrogens (tertiary/aromatic N) is 1. The summed E-state index contributed by atoms with van der Waals surface area (Å²) in [6.07, 6.45) is 0. The van der Waals surface area contributed by atoms with Crippen molar-refractivity contribution in [2.75, 3.05) is 0 Å². The van der Waals surface area contributed by atoms with Crippen LogP contribution in [0.25, 0.3) is 0 Å². The highest BCUT2D eigenvalue weighted by molar-refractivity contribution is 7.70. The largest absolute Gasteiger partial charge is 0.457 e. The van der Waals surface area contributed by atoms with Gasteiger partial charge in [-0.25, -0.2) is 9.14 Å². The van der Waals surface area contributed by atoms with Gasteiger partial charge in [0.25, 0.3) is 0 Å². The minimum atomic E-state index is -2.63. The van der Waals surface area contributed by atoms with Crippen LogP contribution in [0.5, 0.6) is 5.75 Å². The van der Waals surface area contributed by atoms with Gasteiger partial charge >= 0.3 is 0 Å². The maximum Gasteiger partial charge on any atom is 0.207 e. The fourth-order valence-corrected chi connectivity index (χ4v) is 5.52. The zero-order valence-electron chi connectivity index (χ0n) is 15.4. The van der Waals surface area contributed by atoms with Crippen LogP contribution in [0, 0.1) is 12.7 Å². The number of para-hydroxylation sites is 1. The molecule has 1 atom stereocenters. The van der Waals surface area contributed by atoms with E-state index in [1.165, 1.54) is 12.1 Å². The highest BCUT2D eigenvalue weighted by Gasteiger charge is 2.41. The molecule has 0 bridgehead atoms. The Hall–Kier alpha value is -2.32. The highest BCUT2D eigenvalue weighted by Crippen LogP contribution is 2.62. The van der Waals surface area contributed by atoms with Gasteiger partial charge < -0.3 is 8.94 Å². The number of rotatable bonds is 4. The lowest BCUT2D eigenvalue weighted by Gasteiger charge is -2.35. The van der Waals surface area contributed by atoms with Crippen LogP contribution < -0.4 is 10.0 Å². The summed E-state index contributed by atoms with van der Waals surface area (Å²) in [7, 11) is -2.63. The molecule has 0 saturated carbocycles. The molecule has 0 aliphatic carbocycles. The second kappa shape index (κ2) is 7.13. The molecule has 0 aliphatic rings. The van der Waals surface area contributed by atoms with E-state index < -0.39 is 7.28 Å². The van der Waals surface area contributed by atoms with Crippen LogP contribution in [0.2, 0.25) is 0 Å². The van der Waals surface area contributed by atoms with Crippen LogP contribution in [-0.4, -0.2) is 5.16 Å². The molecule has 3 nitrogen and oxygen atoms in total. The number of hydrogen-bond donors (Lipinski definition) is 0. The molecular weight excluding hydrogens is 348 g/mol. The van der Waals surface area contributed by atoms with E-state index in [4.69, 9.17) is 13.7 Å². The molecule has 3 rings (SSSR count). The summed E-state index contributed by atoms with van der Waals surface area (Å²) in [5, 5.41) is -0.332. The Morgan fingerprint density at radius 2 is 1.58 bits per heavy atom. The fourth-order valence-electron chi connectivity index (χ4n) is 2.62. The summed E-state index contributed by atoms with van der Waals surface area (Å²) in [6, 6.07) is 19.6. The van der Waals surface area contributed by atoms with Crippen molar-refractivity contribution in [1.82, 2.24) is 0 Å². The zero-order chi connectivity index (χ0) is 18.8. The third-order valence-electron chi connectivity index (χ3n) is 4.00. The average molecular weight is 371 g/mol. The van der Waals surface area contributed by atoms with E-state index in [9.17, 15) is 4.39 Å². The Bertz CT molecular complexity index is 925. The normalized spacial score (nSPS) is 13.9. The van der Waals surface area contributed by atoms with E-state index in [2.05, 4.69) is 20.8 Å². The molecule has 0 unspecified atom stereocenters. The SMILES string of the molecule is Cc1ccc([P@@](=Nc2ccc(F)cc2)(Oc2ccccc2)C(C)(C)C)o1. The van der Waals surface area contributed by atoms with Crippen LogP contribution in [0.3, 0.4) is 0 Å². The molecule has 26 heavy (non-hydrogen) atoms. The first kappa shape index (κ1) is 18.5. The number of halogens is 1. The molecule has 1 aromatic heterocycles. The van der Waals surface area contributed by atoms with Crippen molar-refractivity contribution < 1.29 is 13.3 Å². The van der Waals surface area contributed by atoms with Crippen molar-refractivity contribution in [3.05, 3.63) is 78.3 Å². The van der Waals surface area contributed by atoms with Crippen molar-refractivity contribution in [3.8, 4) is 5.75 Å². The lowest BCUT2D eigenvalue weighted by atomic mass is 10.3. The molecule has 0 radical (unpaired) electrons. The van der Waals surface area contributed by atoms with Gasteiger partial charge in [-0.3, -0.25) is 0 Å². The molecule has 5 heteroatoms. The molecule has 1 heterocycles. The summed E-state index contributed by atoms with van der Waals surface area (Å²) in [5.74, 6) is 1.25. The van der Waals surface area contributed by atoms with Gasteiger partial charge in [0.05, 0.1) is 5.69 Å². The van der Waals surface area contributed by atoms with Crippen molar-refractivity contribution in [2.45, 2.75) is 32.9 Å². The quantitative estimate of drug-likeness (QED) is 0.480. The maximum absolute atomic E-state index is 13.3. The van der Waals surface area contributed by atoms with Gasteiger partial charge in [0.1, 0.15) is 17.3 Å². The molecule has 0 amide bonds. The Balaban J connectivity index is 2.26. The standard InChI is InChI=1S/C21H23FNO2P/c1-16-10-15-20(24-16)26(21(2,3)4,25-19-8-6-5-7-9-19)23-18-13-11-17(22)12-14-18/h5-15H,1-4H3/t26-/m1/s1. The maximum atomic E-state index is 13.3. The predicted molar refractivity (Wildman–Crippen MR) is 105 cm³/mol. The lowest BCUT2D eigenvalue weighted by Crippen LogP contribution is -2.26. The van der Waals surface area contributed by atoms with Crippen molar-refractivity contribution >= 4 is 18.5 Å². The predicted octanol–water partition coefficient (Wildman–Crippen LogP) is 6.68. The summed E-state index contributed by atoms with van der Waals surface area (Å²) in [4.78, 5) is 0. The van der Waals surface area contributed by atoms with Crippen LogP contribution in [0.1, 0.15) is 26.5 Å². The third kappa shape index (κ3) is 3.76. The zero-order valence-corrected chi connectivity index (χ0v) is 16.3. The van der Waals surface area contributed by atoms with Gasteiger partial charge in [-0.2, -0.15) is 0 Å². The van der Waals surface area contributed by atoms with E-state index in [0.29, 0.717) is 5.69 Å². The minimum absolute atomic E-state index is 0.290. The first-order chi connectivity index (χ1) is 12.3. The van der Waals surface area contributed by atoms with E-state index >= 15 is 0 Å². The van der Waals surface area contributed by atoms with Gasteiger partial charge in [0, 0.05) is 5.16 Å². The second-order valence-corrected chi connectivity index (χ2v) is 10.4. The minimum Gasteiger partial charge on any atom is -0.457 e. The van der Waals surface area contributed by atoms with Gasteiger partial charge in [0.2, 0.25) is 7.28 Å². The van der Waals surface area contributed by atoms with Gasteiger partial charge in [-0.05, 0) is 55.5 Å². The molecule has 0 spiro atoms. The molecule has 0 aliphatic heterocycles. The average Bonchev–Trinajstić information content (AvgIpc) is 3.03. The van der Waals surface area contributed by atoms with Gasteiger partial charge in [-0.1, -0.05) is 39.0 Å². The summed E-state index contributed by atoms with van der Waals surface area (Å²) >= 11 is 0. The van der Waals surface area contributed by atoms with E-state index in [-0.39, 0.29) is 11.0 Å².